The largest absolute Gasteiger partial charge is 0.417 e. The quantitative estimate of drug-likeness (QED) is 0.257. The van der Waals surface area contributed by atoms with Crippen LogP contribution in [0.5, 0.6) is 0 Å². The molecule has 1 aromatic carbocycles. The Kier molecular flexibility index (Phi) is 28.0. The van der Waals surface area contributed by atoms with Crippen molar-refractivity contribution in [2.75, 3.05) is 88.6 Å². The molecule has 0 radical (unpaired) electrons. The van der Waals surface area contributed by atoms with Crippen molar-refractivity contribution < 1.29 is 70.7 Å². The van der Waals surface area contributed by atoms with Gasteiger partial charge in [0.05, 0.1) is 36.6 Å². The van der Waals surface area contributed by atoms with Crippen LogP contribution < -0.4 is 16.0 Å². The van der Waals surface area contributed by atoms with Crippen molar-refractivity contribution in [2.24, 2.45) is 23.7 Å². The number of hydrogen-bond acceptors (Lipinski definition) is 12. The number of nitrogens with one attached hydrogen (secondary N) is 3. The van der Waals surface area contributed by atoms with Gasteiger partial charge in [0.2, 0.25) is 70.9 Å². The number of halogens is 4. The van der Waals surface area contributed by atoms with Crippen LogP contribution in [0.15, 0.2) is 18.2 Å². The molecule has 1 spiro atoms. The van der Waals surface area contributed by atoms with Gasteiger partial charge in [-0.05, 0) is 118 Å². The first-order chi connectivity index (χ1) is 46.7. The molecule has 3 saturated heterocycles. The summed E-state index contributed by atoms with van der Waals surface area (Å²) in [6, 6.07) is -5.54. The Balaban J connectivity index is 1.27. The average Bonchev–Trinajstić information content (AvgIpc) is 1.77. The summed E-state index contributed by atoms with van der Waals surface area (Å²) in [5, 5.41) is 8.17. The fraction of sp³-hybridized carbons (Fsp3) is 0.746. The maximum atomic E-state index is 15.4. The number of benzene rings is 1. The highest BCUT2D eigenvalue weighted by Crippen LogP contribution is 2.38. The molecule has 6 aliphatic rings. The SMILES string of the molecule is CC[C@H](C)[C@@H]1NC(=O)[C@H](C2CCCC2)N(C)C(=O)C[C@@H](C(=O)N2CCCCC2)N(C)C(=O)[C@H](C(C)C)N(C)C(=O)C2(CCCC2)NC(=O)C2CCCN2C(=O)[C@H](CCc2ccc(C(F)(F)F)c(Cl)c2)NC(=O)CN(C)C(=O)[C@H](CC2CCCCC2)N(C)C(=O)CN(C)C(=O)CN(C)C1=O. The molecule has 0 bridgehead atoms. The van der Waals surface area contributed by atoms with E-state index in [4.69, 9.17) is 11.6 Å². The van der Waals surface area contributed by atoms with E-state index in [-0.39, 0.29) is 56.9 Å². The van der Waals surface area contributed by atoms with Crippen molar-refractivity contribution >= 4 is 82.5 Å². The van der Waals surface area contributed by atoms with Gasteiger partial charge in [0.1, 0.15) is 47.8 Å². The predicted octanol–water partition coefficient (Wildman–Crippen LogP) is 5.64. The molecule has 3 N–H and O–H groups in total. The van der Waals surface area contributed by atoms with Gasteiger partial charge in [0, 0.05) is 69.0 Å². The summed E-state index contributed by atoms with van der Waals surface area (Å²) in [6.07, 6.45) is 6.14. The smallest absolute Gasteiger partial charge is 0.343 e. The second kappa shape index (κ2) is 35.0. The third-order valence-electron chi connectivity index (χ3n) is 22.0. The Labute approximate surface area is 586 Å². The molecule has 24 nitrogen and oxygen atoms in total. The highest BCUT2D eigenvalue weighted by molar-refractivity contribution is 6.31. The van der Waals surface area contributed by atoms with Crippen LogP contribution in [0, 0.1) is 23.7 Å². The normalized spacial score (nSPS) is 27.0. The molecule has 3 heterocycles. The molecular formula is C71H108ClF3N12O12. The van der Waals surface area contributed by atoms with Crippen LogP contribution in [-0.4, -0.2) is 251 Å². The Morgan fingerprint density at radius 3 is 1.84 bits per heavy atom. The Hall–Kier alpha value is -7.06. The first-order valence-electron chi connectivity index (χ1n) is 35.9. The lowest BCUT2D eigenvalue weighted by Crippen LogP contribution is -2.65. The second-order valence-corrected chi connectivity index (χ2v) is 29.8. The molecule has 7 rings (SSSR count). The van der Waals surface area contributed by atoms with Gasteiger partial charge in [-0.15, -0.1) is 0 Å². The molecule has 8 atom stereocenters. The number of likely N-dealkylation sites (tertiary alicyclic amines) is 1. The Bertz CT molecular complexity index is 3100. The minimum Gasteiger partial charge on any atom is -0.343 e. The topological polar surface area (TPSA) is 270 Å². The van der Waals surface area contributed by atoms with Crippen molar-refractivity contribution in [1.29, 1.82) is 0 Å². The molecule has 1 unspecified atom stereocenters. The van der Waals surface area contributed by atoms with Crippen LogP contribution in [0.1, 0.15) is 180 Å². The minimum absolute atomic E-state index is 0.0210. The molecular weight excluding hydrogens is 1310 g/mol. The number of piperidine rings is 1. The van der Waals surface area contributed by atoms with Crippen LogP contribution in [0.3, 0.4) is 0 Å². The van der Waals surface area contributed by atoms with Gasteiger partial charge in [0.25, 0.3) is 0 Å². The Morgan fingerprint density at radius 1 is 0.626 bits per heavy atom. The number of hydrogen-bond donors (Lipinski definition) is 3. The molecule has 28 heteroatoms. The molecule has 6 fully saturated rings. The summed E-state index contributed by atoms with van der Waals surface area (Å²) >= 11 is 6.15. The van der Waals surface area contributed by atoms with Crippen LogP contribution in [-0.2, 0) is 70.1 Å². The lowest BCUT2D eigenvalue weighted by Gasteiger charge is -2.42. The summed E-state index contributed by atoms with van der Waals surface area (Å²) < 4.78 is 41.6. The average molecular weight is 1410 g/mol. The molecule has 99 heavy (non-hydrogen) atoms. The van der Waals surface area contributed by atoms with Crippen LogP contribution in [0.25, 0.3) is 0 Å². The van der Waals surface area contributed by atoms with Gasteiger partial charge >= 0.3 is 6.18 Å². The van der Waals surface area contributed by atoms with E-state index in [9.17, 15) is 41.9 Å². The second-order valence-electron chi connectivity index (χ2n) is 29.4. The van der Waals surface area contributed by atoms with E-state index in [1.807, 2.05) is 6.92 Å². The van der Waals surface area contributed by atoms with E-state index < -0.39 is 173 Å². The van der Waals surface area contributed by atoms with Gasteiger partial charge in [0.15, 0.2) is 0 Å². The van der Waals surface area contributed by atoms with Gasteiger partial charge in [-0.1, -0.05) is 110 Å². The fourth-order valence-corrected chi connectivity index (χ4v) is 16.0. The summed E-state index contributed by atoms with van der Waals surface area (Å²) in [7, 11) is 9.96. The number of carbonyl (C=O) groups excluding carboxylic acids is 12. The third-order valence-corrected chi connectivity index (χ3v) is 22.3. The number of nitrogens with zero attached hydrogens (tertiary/aromatic N) is 9. The zero-order valence-corrected chi connectivity index (χ0v) is 60.8. The zero-order valence-electron chi connectivity index (χ0n) is 60.0. The van der Waals surface area contributed by atoms with E-state index in [1.54, 1.807) is 25.7 Å². The van der Waals surface area contributed by atoms with E-state index in [0.717, 1.165) is 73.3 Å². The summed E-state index contributed by atoms with van der Waals surface area (Å²) in [6.45, 7) is 6.22. The third kappa shape index (κ3) is 19.5. The van der Waals surface area contributed by atoms with Crippen LogP contribution in [0.4, 0.5) is 13.2 Å². The molecule has 1 aromatic rings. The van der Waals surface area contributed by atoms with Crippen molar-refractivity contribution in [2.45, 2.75) is 229 Å². The molecule has 12 amide bonds. The zero-order chi connectivity index (χ0) is 73.0. The monoisotopic (exact) mass is 1410 g/mol. The molecule has 552 valence electrons. The molecule has 3 saturated carbocycles. The highest BCUT2D eigenvalue weighted by Gasteiger charge is 2.51. The summed E-state index contributed by atoms with van der Waals surface area (Å²) in [4.78, 5) is 190. The molecule has 0 aromatic heterocycles. The van der Waals surface area contributed by atoms with Crippen molar-refractivity contribution in [1.82, 2.24) is 60.0 Å². The van der Waals surface area contributed by atoms with E-state index in [1.165, 1.54) is 84.8 Å². The van der Waals surface area contributed by atoms with Crippen molar-refractivity contribution in [3.63, 3.8) is 0 Å². The van der Waals surface area contributed by atoms with Gasteiger partial charge in [-0.3, -0.25) is 57.5 Å². The number of carbonyl (C=O) groups is 12. The number of fused-ring (bicyclic) bond motifs is 1. The van der Waals surface area contributed by atoms with E-state index in [2.05, 4.69) is 16.0 Å². The minimum atomic E-state index is -4.76. The first-order valence-corrected chi connectivity index (χ1v) is 36.2. The van der Waals surface area contributed by atoms with Gasteiger partial charge < -0.3 is 60.0 Å². The fourth-order valence-electron chi connectivity index (χ4n) is 15.7. The van der Waals surface area contributed by atoms with Crippen LogP contribution >= 0.6 is 11.6 Å². The summed E-state index contributed by atoms with van der Waals surface area (Å²) in [5.41, 5.74) is -2.35. The standard InChI is InChI=1S/C71H108ClF3N12O12/c1-12-45(4)59-67(97)81(7)42-57(90)79(5)43-58(91)82(8)53(39-46-24-15-13-16-25-46)65(95)80(6)41-55(88)76-51(32-30-47-29-31-49(50(72)38-47)71(73,74)75)64(94)87-37-23-28-52(87)62(92)78-70(33-19-20-34-70)69(99)85(11)60(44(2)3)68(98)83(9)54(66(96)86-35-21-14-22-36-86)40-56(89)84(10)61(63(93)77-59)48-26-17-18-27-48/h29,31,38,44-46,48,51-54,59-61H,12-28,30,32-37,39-43H2,1-11H3,(H,76,88)(H,77,93)(H,78,92)/t45-,51-,52?,53-,54-,59-,60-,61-/m0/s1. The lowest BCUT2D eigenvalue weighted by atomic mass is 9.84. The van der Waals surface area contributed by atoms with E-state index in [0.29, 0.717) is 70.0 Å². The number of rotatable bonds is 10. The maximum absolute atomic E-state index is 15.4. The maximum Gasteiger partial charge on any atom is 0.417 e. The van der Waals surface area contributed by atoms with Gasteiger partial charge in [-0.2, -0.15) is 13.2 Å². The molecule has 3 aliphatic heterocycles. The number of amides is 12. The number of alkyl halides is 3. The van der Waals surface area contributed by atoms with Gasteiger partial charge in [-0.25, -0.2) is 0 Å². The summed E-state index contributed by atoms with van der Waals surface area (Å²) in [5.74, 6) is -9.11. The lowest BCUT2D eigenvalue weighted by molar-refractivity contribution is -0.156. The highest BCUT2D eigenvalue weighted by atomic mass is 35.5. The predicted molar refractivity (Wildman–Crippen MR) is 364 cm³/mol. The van der Waals surface area contributed by atoms with Crippen molar-refractivity contribution in [3.8, 4) is 0 Å². The van der Waals surface area contributed by atoms with E-state index >= 15 is 28.8 Å². The Morgan fingerprint density at radius 2 is 1.23 bits per heavy atom. The number of likely N-dealkylation sites (N-methyl/N-ethyl adjacent to an activating group) is 7. The molecule has 3 aliphatic carbocycles. The van der Waals surface area contributed by atoms with Crippen molar-refractivity contribution in [3.05, 3.63) is 34.3 Å². The van der Waals surface area contributed by atoms with Crippen LogP contribution in [0.2, 0.25) is 5.02 Å². The first kappa shape index (κ1) is 79.3. The number of aryl methyl sites for hydroxylation is 1.